The molecule has 8 heteroatoms. The van der Waals surface area contributed by atoms with Crippen LogP contribution in [0.4, 0.5) is 0 Å². The molecular formula is C21H20ClNO6. The third kappa shape index (κ3) is 4.35. The number of carbonyl (C=O) groups excluding carboxylic acids is 2. The Bertz CT molecular complexity index is 959. The molecule has 0 fully saturated rings. The molecule has 152 valence electrons. The average molecular weight is 418 g/mol. The fourth-order valence-electron chi connectivity index (χ4n) is 3.32. The van der Waals surface area contributed by atoms with E-state index in [2.05, 4.69) is 5.32 Å². The second kappa shape index (κ2) is 8.53. The predicted octanol–water partition coefficient (Wildman–Crippen LogP) is 2.88. The molecule has 0 spiro atoms. The van der Waals surface area contributed by atoms with Crippen molar-refractivity contribution in [2.45, 2.75) is 31.9 Å². The van der Waals surface area contributed by atoms with Crippen molar-refractivity contribution < 1.29 is 29.0 Å². The summed E-state index contributed by atoms with van der Waals surface area (Å²) < 4.78 is 10.6. The van der Waals surface area contributed by atoms with Crippen LogP contribution in [0, 0.1) is 0 Å². The van der Waals surface area contributed by atoms with Gasteiger partial charge in [0.15, 0.2) is 0 Å². The highest BCUT2D eigenvalue weighted by molar-refractivity contribution is 6.32. The minimum absolute atomic E-state index is 0.0163. The number of cyclic esters (lactones) is 1. The molecule has 2 aromatic rings. The maximum absolute atomic E-state index is 12.9. The van der Waals surface area contributed by atoms with Crippen molar-refractivity contribution in [2.75, 3.05) is 7.11 Å². The van der Waals surface area contributed by atoms with E-state index in [0.29, 0.717) is 12.0 Å². The van der Waals surface area contributed by atoms with E-state index in [9.17, 15) is 19.5 Å². The number of amides is 1. The van der Waals surface area contributed by atoms with Crippen molar-refractivity contribution in [3.63, 3.8) is 0 Å². The SMILES string of the molecule is COc1c(C(=O)N[C@@H](Cc2ccccc2)C(=O)O)cc(Cl)c2c1C(=O)O[C@H](C)C2. The first-order valence-corrected chi connectivity index (χ1v) is 9.37. The van der Waals surface area contributed by atoms with Gasteiger partial charge >= 0.3 is 11.9 Å². The molecule has 1 amide bonds. The highest BCUT2D eigenvalue weighted by atomic mass is 35.5. The van der Waals surface area contributed by atoms with Gasteiger partial charge in [-0.2, -0.15) is 0 Å². The van der Waals surface area contributed by atoms with E-state index in [4.69, 9.17) is 21.1 Å². The van der Waals surface area contributed by atoms with Gasteiger partial charge in [0.25, 0.3) is 5.91 Å². The minimum Gasteiger partial charge on any atom is -0.495 e. The van der Waals surface area contributed by atoms with Crippen molar-refractivity contribution in [1.29, 1.82) is 0 Å². The molecule has 7 nitrogen and oxygen atoms in total. The molecule has 0 aromatic heterocycles. The molecule has 0 saturated carbocycles. The van der Waals surface area contributed by atoms with E-state index in [0.717, 1.165) is 5.56 Å². The smallest absolute Gasteiger partial charge is 0.342 e. The van der Waals surface area contributed by atoms with E-state index in [1.807, 2.05) is 6.07 Å². The van der Waals surface area contributed by atoms with Crippen LogP contribution in [0.25, 0.3) is 0 Å². The molecule has 2 N–H and O–H groups in total. The molecule has 0 aliphatic carbocycles. The molecule has 29 heavy (non-hydrogen) atoms. The van der Waals surface area contributed by atoms with Crippen LogP contribution in [-0.2, 0) is 22.4 Å². The number of ether oxygens (including phenoxy) is 2. The van der Waals surface area contributed by atoms with Gasteiger partial charge in [0.2, 0.25) is 0 Å². The Kier molecular flexibility index (Phi) is 6.08. The highest BCUT2D eigenvalue weighted by Gasteiger charge is 2.33. The zero-order chi connectivity index (χ0) is 21.1. The number of nitrogens with one attached hydrogen (secondary N) is 1. The van der Waals surface area contributed by atoms with Gasteiger partial charge in [0, 0.05) is 17.9 Å². The molecule has 0 radical (unpaired) electrons. The van der Waals surface area contributed by atoms with E-state index < -0.39 is 23.9 Å². The summed E-state index contributed by atoms with van der Waals surface area (Å²) in [6, 6.07) is 9.16. The lowest BCUT2D eigenvalue weighted by atomic mass is 9.95. The van der Waals surface area contributed by atoms with Crippen LogP contribution in [-0.4, -0.2) is 42.2 Å². The molecule has 0 saturated heterocycles. The first-order valence-electron chi connectivity index (χ1n) is 8.99. The van der Waals surface area contributed by atoms with E-state index in [1.165, 1.54) is 13.2 Å². The largest absolute Gasteiger partial charge is 0.495 e. The Balaban J connectivity index is 1.94. The minimum atomic E-state index is -1.18. The van der Waals surface area contributed by atoms with Crippen LogP contribution in [0.15, 0.2) is 36.4 Å². The summed E-state index contributed by atoms with van der Waals surface area (Å²) in [4.78, 5) is 36.9. The number of carbonyl (C=O) groups is 3. The van der Waals surface area contributed by atoms with Crippen LogP contribution in [0.3, 0.4) is 0 Å². The molecule has 1 aliphatic heterocycles. The average Bonchev–Trinajstić information content (AvgIpc) is 2.68. The lowest BCUT2D eigenvalue weighted by molar-refractivity contribution is -0.139. The third-order valence-corrected chi connectivity index (χ3v) is 5.01. The number of aliphatic carboxylic acids is 1. The van der Waals surface area contributed by atoms with Crippen molar-refractivity contribution >= 4 is 29.4 Å². The summed E-state index contributed by atoms with van der Waals surface area (Å²) in [6.07, 6.45) is 0.144. The first kappa shape index (κ1) is 20.7. The Morgan fingerprint density at radius 1 is 1.34 bits per heavy atom. The summed E-state index contributed by atoms with van der Waals surface area (Å²) in [5.74, 6) is -2.51. The van der Waals surface area contributed by atoms with Crippen molar-refractivity contribution in [2.24, 2.45) is 0 Å². The lowest BCUT2D eigenvalue weighted by Crippen LogP contribution is -2.42. The maximum atomic E-state index is 12.9. The van der Waals surface area contributed by atoms with Gasteiger partial charge < -0.3 is 19.9 Å². The topological polar surface area (TPSA) is 102 Å². The zero-order valence-corrected chi connectivity index (χ0v) is 16.7. The van der Waals surface area contributed by atoms with Gasteiger partial charge in [0.1, 0.15) is 23.5 Å². The molecular weight excluding hydrogens is 398 g/mol. The molecule has 2 atom stereocenters. The Hall–Kier alpha value is -3.06. The van der Waals surface area contributed by atoms with E-state index in [-0.39, 0.29) is 34.4 Å². The van der Waals surface area contributed by atoms with Crippen LogP contribution in [0.2, 0.25) is 5.02 Å². The number of hydrogen-bond donors (Lipinski definition) is 2. The van der Waals surface area contributed by atoms with Crippen LogP contribution in [0.5, 0.6) is 5.75 Å². The zero-order valence-electron chi connectivity index (χ0n) is 15.9. The summed E-state index contributed by atoms with van der Waals surface area (Å²) in [6.45, 7) is 1.74. The monoisotopic (exact) mass is 417 g/mol. The number of benzene rings is 2. The normalized spacial score (nSPS) is 16.4. The Morgan fingerprint density at radius 2 is 2.03 bits per heavy atom. The maximum Gasteiger partial charge on any atom is 0.342 e. The van der Waals surface area contributed by atoms with Crippen LogP contribution in [0.1, 0.15) is 38.8 Å². The summed E-state index contributed by atoms with van der Waals surface area (Å²) in [5.41, 5.74) is 1.37. The molecule has 1 aliphatic rings. The van der Waals surface area contributed by atoms with Gasteiger partial charge in [-0.1, -0.05) is 41.9 Å². The number of halogens is 1. The Labute approximate surface area is 172 Å². The van der Waals surface area contributed by atoms with E-state index in [1.54, 1.807) is 31.2 Å². The molecule has 2 aromatic carbocycles. The fraction of sp³-hybridized carbons (Fsp3) is 0.286. The molecule has 0 bridgehead atoms. The van der Waals surface area contributed by atoms with Crippen molar-refractivity contribution in [1.82, 2.24) is 5.32 Å². The summed E-state index contributed by atoms with van der Waals surface area (Å²) >= 11 is 6.32. The number of fused-ring (bicyclic) bond motifs is 1. The number of methoxy groups -OCH3 is 1. The second-order valence-electron chi connectivity index (χ2n) is 6.77. The second-order valence-corrected chi connectivity index (χ2v) is 7.17. The first-order chi connectivity index (χ1) is 13.8. The van der Waals surface area contributed by atoms with Crippen molar-refractivity contribution in [3.8, 4) is 5.75 Å². The summed E-state index contributed by atoms with van der Waals surface area (Å²) in [5, 5.41) is 12.2. The van der Waals surface area contributed by atoms with Gasteiger partial charge in [-0.25, -0.2) is 9.59 Å². The number of esters is 1. The number of hydrogen-bond acceptors (Lipinski definition) is 5. The number of rotatable bonds is 6. The quantitative estimate of drug-likeness (QED) is 0.701. The number of carboxylic acids is 1. The molecule has 3 rings (SSSR count). The van der Waals surface area contributed by atoms with Gasteiger partial charge in [-0.05, 0) is 24.1 Å². The fourth-order valence-corrected chi connectivity index (χ4v) is 3.60. The van der Waals surface area contributed by atoms with Gasteiger partial charge in [0.05, 0.1) is 12.7 Å². The van der Waals surface area contributed by atoms with Crippen molar-refractivity contribution in [3.05, 3.63) is 63.7 Å². The van der Waals surface area contributed by atoms with Crippen LogP contribution < -0.4 is 10.1 Å². The van der Waals surface area contributed by atoms with Gasteiger partial charge in [-0.15, -0.1) is 0 Å². The van der Waals surface area contributed by atoms with E-state index >= 15 is 0 Å². The van der Waals surface area contributed by atoms with Gasteiger partial charge in [-0.3, -0.25) is 4.79 Å². The van der Waals surface area contributed by atoms with Crippen LogP contribution >= 0.6 is 11.6 Å². The molecule has 0 unspecified atom stereocenters. The summed E-state index contributed by atoms with van der Waals surface area (Å²) in [7, 11) is 1.32. The predicted molar refractivity (Wildman–Crippen MR) is 106 cm³/mol. The third-order valence-electron chi connectivity index (χ3n) is 4.67. The highest BCUT2D eigenvalue weighted by Crippen LogP contribution is 2.37. The standard InChI is InChI=1S/C21H20ClNO6/c1-11-8-13-15(22)10-14(18(28-2)17(13)21(27)29-11)19(24)23-16(20(25)26)9-12-6-4-3-5-7-12/h3-7,10-11,16H,8-9H2,1-2H3,(H,23,24)(H,25,26)/t11-,16+/m1/s1. The lowest BCUT2D eigenvalue weighted by Gasteiger charge is -2.25. The number of carboxylic acid groups (broad SMARTS) is 1. The Morgan fingerprint density at radius 3 is 2.66 bits per heavy atom. The molecule has 1 heterocycles.